The van der Waals surface area contributed by atoms with Gasteiger partial charge in [-0.05, 0) is 59.0 Å². The molecule has 0 atom stereocenters. The van der Waals surface area contributed by atoms with Crippen LogP contribution >= 0.6 is 0 Å². The third-order valence-corrected chi connectivity index (χ3v) is 11.0. The lowest BCUT2D eigenvalue weighted by Crippen LogP contribution is -2.25. The monoisotopic (exact) mass is 733 g/mol. The summed E-state index contributed by atoms with van der Waals surface area (Å²) in [5, 5.41) is 4.67. The third kappa shape index (κ3) is 5.57. The second-order valence-electron chi connectivity index (χ2n) is 14.3. The molecule has 0 spiro atoms. The molecule has 0 amide bonds. The molecule has 0 bridgehead atoms. The smallest absolute Gasteiger partial charge is 0.234 e. The lowest BCUT2D eigenvalue weighted by Gasteiger charge is -2.27. The van der Waals surface area contributed by atoms with Gasteiger partial charge in [0, 0.05) is 57.5 Å². The van der Waals surface area contributed by atoms with Crippen molar-refractivity contribution >= 4 is 55.3 Å². The summed E-state index contributed by atoms with van der Waals surface area (Å²) in [6.07, 6.45) is 3.55. The van der Waals surface area contributed by atoms with Gasteiger partial charge in [-0.2, -0.15) is 0 Å². The van der Waals surface area contributed by atoms with Gasteiger partial charge in [0.25, 0.3) is 0 Å². The molecule has 6 nitrogen and oxygen atoms in total. The molecule has 2 aromatic heterocycles. The van der Waals surface area contributed by atoms with Gasteiger partial charge in [-0.3, -0.25) is 4.57 Å². The van der Waals surface area contributed by atoms with Crippen molar-refractivity contribution < 1.29 is 4.74 Å². The summed E-state index contributed by atoms with van der Waals surface area (Å²) >= 11 is 0. The Morgan fingerprint density at radius 1 is 0.439 bits per heavy atom. The standard InChI is InChI=1S/C51H35N5O/c1-3-14-35(15-4-1)41-23-12-24-42(36-16-5-2-6-17-36)49(41)55-34-54(47-29-26-37-18-7-8-21-43(37)50(47)55)38-19-11-20-39(32-38)57-40-27-28-45-44-22-9-10-25-46(44)56(48(45)33-40)51-52-30-13-31-53-51/h1-33H,34H2. The topological polar surface area (TPSA) is 46.4 Å². The van der Waals surface area contributed by atoms with Crippen LogP contribution in [0.15, 0.2) is 200 Å². The molecule has 10 aromatic rings. The minimum absolute atomic E-state index is 0.611. The summed E-state index contributed by atoms with van der Waals surface area (Å²) in [7, 11) is 0. The van der Waals surface area contributed by atoms with Crippen LogP contribution in [0, 0.1) is 0 Å². The molecule has 8 aromatic carbocycles. The van der Waals surface area contributed by atoms with Crippen LogP contribution in [-0.2, 0) is 0 Å². The molecular weight excluding hydrogens is 699 g/mol. The van der Waals surface area contributed by atoms with Gasteiger partial charge in [0.15, 0.2) is 0 Å². The van der Waals surface area contributed by atoms with Crippen molar-refractivity contribution in [2.75, 3.05) is 16.5 Å². The van der Waals surface area contributed by atoms with Crippen molar-refractivity contribution in [3.05, 3.63) is 200 Å². The van der Waals surface area contributed by atoms with Crippen LogP contribution in [0.1, 0.15) is 0 Å². The van der Waals surface area contributed by atoms with E-state index in [1.807, 2.05) is 24.3 Å². The number of para-hydroxylation sites is 2. The number of benzene rings is 8. The van der Waals surface area contributed by atoms with E-state index in [4.69, 9.17) is 4.74 Å². The molecule has 0 N–H and O–H groups in total. The predicted molar refractivity (Wildman–Crippen MR) is 233 cm³/mol. The summed E-state index contributed by atoms with van der Waals surface area (Å²) < 4.78 is 8.80. The van der Waals surface area contributed by atoms with Gasteiger partial charge < -0.3 is 14.5 Å². The zero-order chi connectivity index (χ0) is 37.7. The number of nitrogens with zero attached hydrogens (tertiary/aromatic N) is 5. The number of anilines is 4. The first-order chi connectivity index (χ1) is 28.3. The Hall–Kier alpha value is -7.70. The molecule has 0 fully saturated rings. The van der Waals surface area contributed by atoms with Crippen molar-refractivity contribution in [1.29, 1.82) is 0 Å². The number of hydrogen-bond donors (Lipinski definition) is 0. The van der Waals surface area contributed by atoms with E-state index < -0.39 is 0 Å². The maximum Gasteiger partial charge on any atom is 0.234 e. The van der Waals surface area contributed by atoms with Gasteiger partial charge in [-0.1, -0.05) is 133 Å². The van der Waals surface area contributed by atoms with E-state index in [0.717, 1.165) is 44.7 Å². The highest BCUT2D eigenvalue weighted by Crippen LogP contribution is 2.53. The maximum absolute atomic E-state index is 6.70. The lowest BCUT2D eigenvalue weighted by molar-refractivity contribution is 0.483. The highest BCUT2D eigenvalue weighted by Gasteiger charge is 2.33. The fourth-order valence-electron chi connectivity index (χ4n) is 8.46. The molecule has 57 heavy (non-hydrogen) atoms. The average Bonchev–Trinajstić information content (AvgIpc) is 3.83. The molecule has 0 aliphatic carbocycles. The van der Waals surface area contributed by atoms with Crippen molar-refractivity contribution in [3.63, 3.8) is 0 Å². The van der Waals surface area contributed by atoms with E-state index in [0.29, 0.717) is 12.6 Å². The number of ether oxygens (including phenoxy) is 1. The Bertz CT molecular complexity index is 3030. The number of aromatic nitrogens is 3. The minimum Gasteiger partial charge on any atom is -0.457 e. The summed E-state index contributed by atoms with van der Waals surface area (Å²) in [4.78, 5) is 14.1. The van der Waals surface area contributed by atoms with Crippen LogP contribution in [0.4, 0.5) is 22.7 Å². The van der Waals surface area contributed by atoms with E-state index in [-0.39, 0.29) is 0 Å². The van der Waals surface area contributed by atoms with Crippen molar-refractivity contribution in [3.8, 4) is 39.7 Å². The van der Waals surface area contributed by atoms with Gasteiger partial charge in [-0.25, -0.2) is 9.97 Å². The quantitative estimate of drug-likeness (QED) is 0.163. The van der Waals surface area contributed by atoms with Crippen molar-refractivity contribution in [2.24, 2.45) is 0 Å². The van der Waals surface area contributed by atoms with Gasteiger partial charge in [0.2, 0.25) is 5.95 Å². The van der Waals surface area contributed by atoms with E-state index in [1.165, 1.54) is 44.4 Å². The van der Waals surface area contributed by atoms with E-state index in [2.05, 4.69) is 188 Å². The third-order valence-electron chi connectivity index (χ3n) is 11.0. The van der Waals surface area contributed by atoms with Gasteiger partial charge >= 0.3 is 0 Å². The fraction of sp³-hybridized carbons (Fsp3) is 0.0196. The van der Waals surface area contributed by atoms with Crippen LogP contribution in [0.2, 0.25) is 0 Å². The highest BCUT2D eigenvalue weighted by molar-refractivity contribution is 6.10. The van der Waals surface area contributed by atoms with Crippen LogP contribution < -0.4 is 14.5 Å². The first-order valence-corrected chi connectivity index (χ1v) is 19.2. The molecule has 1 aliphatic heterocycles. The minimum atomic E-state index is 0.611. The zero-order valence-electron chi connectivity index (χ0n) is 30.9. The first-order valence-electron chi connectivity index (χ1n) is 19.2. The SMILES string of the molecule is c1ccc(-c2cccc(-c3ccccc3)c2N2CN(c3cccc(Oc4ccc5c6ccccc6n(-c6ncccn6)c5c4)c3)c3ccc4ccccc4c32)cc1. The van der Waals surface area contributed by atoms with Crippen LogP contribution in [0.25, 0.3) is 60.8 Å². The number of fused-ring (bicyclic) bond motifs is 6. The first kappa shape index (κ1) is 32.7. The Morgan fingerprint density at radius 2 is 1.09 bits per heavy atom. The maximum atomic E-state index is 6.70. The lowest BCUT2D eigenvalue weighted by atomic mass is 9.94. The summed E-state index contributed by atoms with van der Waals surface area (Å²) in [6, 6.07) is 66.2. The molecule has 0 saturated carbocycles. The normalized spacial score (nSPS) is 12.4. The van der Waals surface area contributed by atoms with Crippen LogP contribution in [-0.4, -0.2) is 21.2 Å². The Labute approximate surface area is 330 Å². The molecule has 1 aliphatic rings. The largest absolute Gasteiger partial charge is 0.457 e. The van der Waals surface area contributed by atoms with E-state index >= 15 is 0 Å². The highest BCUT2D eigenvalue weighted by atomic mass is 16.5. The van der Waals surface area contributed by atoms with Crippen LogP contribution in [0.3, 0.4) is 0 Å². The molecule has 0 saturated heterocycles. The Kier molecular flexibility index (Phi) is 7.78. The van der Waals surface area contributed by atoms with E-state index in [1.54, 1.807) is 12.4 Å². The molecule has 270 valence electrons. The van der Waals surface area contributed by atoms with Gasteiger partial charge in [0.05, 0.1) is 28.1 Å². The molecular formula is C51H35N5O. The molecule has 3 heterocycles. The predicted octanol–water partition coefficient (Wildman–Crippen LogP) is 13.1. The van der Waals surface area contributed by atoms with Crippen molar-refractivity contribution in [2.45, 2.75) is 0 Å². The zero-order valence-corrected chi connectivity index (χ0v) is 30.9. The fourth-order valence-corrected chi connectivity index (χ4v) is 8.46. The number of hydrogen-bond acceptors (Lipinski definition) is 5. The summed E-state index contributed by atoms with van der Waals surface area (Å²) in [6.45, 7) is 0.611. The van der Waals surface area contributed by atoms with Crippen molar-refractivity contribution in [1.82, 2.24) is 14.5 Å². The molecule has 0 radical (unpaired) electrons. The summed E-state index contributed by atoms with van der Waals surface area (Å²) in [5.41, 5.74) is 11.3. The number of rotatable bonds is 7. The Balaban J connectivity index is 1.03. The summed E-state index contributed by atoms with van der Waals surface area (Å²) in [5.74, 6) is 2.11. The average molecular weight is 734 g/mol. The molecule has 6 heteroatoms. The molecule has 0 unspecified atom stereocenters. The van der Waals surface area contributed by atoms with Crippen LogP contribution in [0.5, 0.6) is 11.5 Å². The van der Waals surface area contributed by atoms with Gasteiger partial charge in [0.1, 0.15) is 18.2 Å². The molecule has 11 rings (SSSR count). The van der Waals surface area contributed by atoms with E-state index in [9.17, 15) is 0 Å². The van der Waals surface area contributed by atoms with Gasteiger partial charge in [-0.15, -0.1) is 0 Å². The Morgan fingerprint density at radius 3 is 1.86 bits per heavy atom. The second-order valence-corrected chi connectivity index (χ2v) is 14.3. The second kappa shape index (κ2) is 13.6.